The van der Waals surface area contributed by atoms with E-state index < -0.39 is 22.5 Å². The molecule has 1 N–H and O–H groups in total. The number of rotatable bonds is 3. The van der Waals surface area contributed by atoms with E-state index >= 15 is 0 Å². The highest BCUT2D eigenvalue weighted by atomic mass is 19.1. The second kappa shape index (κ2) is 4.83. The van der Waals surface area contributed by atoms with Crippen LogP contribution in [-0.2, 0) is 10.2 Å². The first-order valence-electron chi connectivity index (χ1n) is 6.91. The number of hydrogen-bond donors (Lipinski definition) is 1. The van der Waals surface area contributed by atoms with Crippen molar-refractivity contribution in [1.82, 2.24) is 5.32 Å². The SMILES string of the molecule is CC1CC1(CNC(=O)C(C)(C)C)c1ccc(F)cc1F. The molecule has 1 aromatic carbocycles. The lowest BCUT2D eigenvalue weighted by atomic mass is 9.91. The van der Waals surface area contributed by atoms with Crippen LogP contribution in [0.25, 0.3) is 0 Å². The molecule has 0 spiro atoms. The number of carbonyl (C=O) groups is 1. The minimum atomic E-state index is -0.576. The fraction of sp³-hybridized carbons (Fsp3) is 0.562. The van der Waals surface area contributed by atoms with Crippen molar-refractivity contribution < 1.29 is 13.6 Å². The molecule has 1 amide bonds. The summed E-state index contributed by atoms with van der Waals surface area (Å²) in [5.74, 6) is -0.881. The zero-order chi connectivity index (χ0) is 15.1. The molecule has 0 bridgehead atoms. The summed E-state index contributed by atoms with van der Waals surface area (Å²) in [6.45, 7) is 7.93. The lowest BCUT2D eigenvalue weighted by molar-refractivity contribution is -0.128. The van der Waals surface area contributed by atoms with Gasteiger partial charge in [-0.2, -0.15) is 0 Å². The first kappa shape index (κ1) is 14.9. The summed E-state index contributed by atoms with van der Waals surface area (Å²) >= 11 is 0. The molecule has 1 aliphatic rings. The van der Waals surface area contributed by atoms with Gasteiger partial charge in [-0.1, -0.05) is 33.8 Å². The van der Waals surface area contributed by atoms with Crippen molar-refractivity contribution in [2.75, 3.05) is 6.54 Å². The number of nitrogens with one attached hydrogen (secondary N) is 1. The molecule has 0 saturated heterocycles. The van der Waals surface area contributed by atoms with Gasteiger partial charge in [-0.3, -0.25) is 4.79 Å². The fourth-order valence-corrected chi connectivity index (χ4v) is 2.60. The fourth-order valence-electron chi connectivity index (χ4n) is 2.60. The summed E-state index contributed by atoms with van der Waals surface area (Å²) in [5.41, 5.74) is -0.361. The highest BCUT2D eigenvalue weighted by molar-refractivity contribution is 5.81. The molecule has 0 radical (unpaired) electrons. The Kier molecular flexibility index (Phi) is 3.61. The molecule has 1 aromatic rings. The van der Waals surface area contributed by atoms with Crippen LogP contribution in [0.1, 0.15) is 39.7 Å². The molecule has 2 unspecified atom stereocenters. The molecule has 110 valence electrons. The Balaban J connectivity index is 2.17. The van der Waals surface area contributed by atoms with Crippen LogP contribution in [0.3, 0.4) is 0 Å². The van der Waals surface area contributed by atoms with E-state index in [1.54, 1.807) is 0 Å². The first-order chi connectivity index (χ1) is 9.17. The van der Waals surface area contributed by atoms with Gasteiger partial charge in [0.25, 0.3) is 0 Å². The minimum Gasteiger partial charge on any atom is -0.355 e. The molecular formula is C16H21F2NO. The molecule has 0 aromatic heterocycles. The molecule has 0 heterocycles. The van der Waals surface area contributed by atoms with E-state index in [1.807, 2.05) is 27.7 Å². The van der Waals surface area contributed by atoms with Crippen molar-refractivity contribution in [3.63, 3.8) is 0 Å². The molecule has 2 rings (SSSR count). The van der Waals surface area contributed by atoms with E-state index in [2.05, 4.69) is 5.32 Å². The van der Waals surface area contributed by atoms with Crippen molar-refractivity contribution in [3.05, 3.63) is 35.4 Å². The van der Waals surface area contributed by atoms with Crippen LogP contribution < -0.4 is 5.32 Å². The maximum absolute atomic E-state index is 14.0. The van der Waals surface area contributed by atoms with Gasteiger partial charge in [0.15, 0.2) is 0 Å². The van der Waals surface area contributed by atoms with Gasteiger partial charge in [-0.05, 0) is 24.0 Å². The Bertz CT molecular complexity index is 536. The standard InChI is InChI=1S/C16H21F2NO/c1-10-8-16(10,9-19-14(20)15(2,3)4)12-6-5-11(17)7-13(12)18/h5-7,10H,8-9H2,1-4H3,(H,19,20). The number of halogens is 2. The third kappa shape index (κ3) is 2.69. The minimum absolute atomic E-state index is 0.0569. The lowest BCUT2D eigenvalue weighted by Gasteiger charge is -2.23. The largest absolute Gasteiger partial charge is 0.355 e. The van der Waals surface area contributed by atoms with Crippen LogP contribution in [0.4, 0.5) is 8.78 Å². The normalized spacial score (nSPS) is 25.4. The van der Waals surface area contributed by atoms with Crippen LogP contribution in [-0.4, -0.2) is 12.5 Å². The van der Waals surface area contributed by atoms with Crippen LogP contribution in [0.15, 0.2) is 18.2 Å². The van der Waals surface area contributed by atoms with Gasteiger partial charge in [0.05, 0.1) is 0 Å². The van der Waals surface area contributed by atoms with Gasteiger partial charge in [0, 0.05) is 23.4 Å². The van der Waals surface area contributed by atoms with Crippen molar-refractivity contribution in [2.45, 2.75) is 39.5 Å². The van der Waals surface area contributed by atoms with E-state index in [4.69, 9.17) is 0 Å². The first-order valence-corrected chi connectivity index (χ1v) is 6.91. The third-order valence-electron chi connectivity index (χ3n) is 4.17. The van der Waals surface area contributed by atoms with Gasteiger partial charge in [-0.15, -0.1) is 0 Å². The smallest absolute Gasteiger partial charge is 0.225 e. The number of carbonyl (C=O) groups excluding carboxylic acids is 1. The van der Waals surface area contributed by atoms with Crippen LogP contribution >= 0.6 is 0 Å². The second-order valence-corrected chi connectivity index (χ2v) is 6.82. The number of amides is 1. The third-order valence-corrected chi connectivity index (χ3v) is 4.17. The van der Waals surface area contributed by atoms with Gasteiger partial charge in [0.1, 0.15) is 11.6 Å². The number of benzene rings is 1. The van der Waals surface area contributed by atoms with E-state index in [1.165, 1.54) is 12.1 Å². The lowest BCUT2D eigenvalue weighted by Crippen LogP contribution is -2.40. The van der Waals surface area contributed by atoms with E-state index in [-0.39, 0.29) is 11.8 Å². The van der Waals surface area contributed by atoms with Gasteiger partial charge in [-0.25, -0.2) is 8.78 Å². The summed E-state index contributed by atoms with van der Waals surface area (Å²) in [6, 6.07) is 3.68. The van der Waals surface area contributed by atoms with E-state index in [0.717, 1.165) is 12.5 Å². The Morgan fingerprint density at radius 2 is 2.00 bits per heavy atom. The summed E-state index contributed by atoms with van der Waals surface area (Å²) in [5, 5.41) is 2.90. The Morgan fingerprint density at radius 1 is 1.40 bits per heavy atom. The summed E-state index contributed by atoms with van der Waals surface area (Å²) in [6.07, 6.45) is 0.806. The average Bonchev–Trinajstić information content (AvgIpc) is 2.96. The Morgan fingerprint density at radius 3 is 2.45 bits per heavy atom. The van der Waals surface area contributed by atoms with Crippen molar-refractivity contribution in [2.24, 2.45) is 11.3 Å². The molecular weight excluding hydrogens is 260 g/mol. The average molecular weight is 281 g/mol. The predicted molar refractivity (Wildman–Crippen MR) is 74.3 cm³/mol. The quantitative estimate of drug-likeness (QED) is 0.904. The molecule has 2 nitrogen and oxygen atoms in total. The maximum Gasteiger partial charge on any atom is 0.225 e. The van der Waals surface area contributed by atoms with E-state index in [0.29, 0.717) is 12.1 Å². The Labute approximate surface area is 118 Å². The molecule has 1 saturated carbocycles. The monoisotopic (exact) mass is 281 g/mol. The van der Waals surface area contributed by atoms with Gasteiger partial charge < -0.3 is 5.32 Å². The van der Waals surface area contributed by atoms with Crippen molar-refractivity contribution >= 4 is 5.91 Å². The van der Waals surface area contributed by atoms with Gasteiger partial charge in [0.2, 0.25) is 5.91 Å². The topological polar surface area (TPSA) is 29.1 Å². The molecule has 20 heavy (non-hydrogen) atoms. The summed E-state index contributed by atoms with van der Waals surface area (Å²) < 4.78 is 27.0. The molecule has 2 atom stereocenters. The highest BCUT2D eigenvalue weighted by Crippen LogP contribution is 2.54. The van der Waals surface area contributed by atoms with Crippen LogP contribution in [0.5, 0.6) is 0 Å². The zero-order valence-electron chi connectivity index (χ0n) is 12.4. The summed E-state index contributed by atoms with van der Waals surface area (Å²) in [7, 11) is 0. The van der Waals surface area contributed by atoms with Crippen molar-refractivity contribution in [3.8, 4) is 0 Å². The molecule has 4 heteroatoms. The van der Waals surface area contributed by atoms with Crippen LogP contribution in [0, 0.1) is 23.0 Å². The molecule has 1 aliphatic carbocycles. The molecule has 1 fully saturated rings. The van der Waals surface area contributed by atoms with E-state index in [9.17, 15) is 13.6 Å². The second-order valence-electron chi connectivity index (χ2n) is 6.82. The number of hydrogen-bond acceptors (Lipinski definition) is 1. The summed E-state index contributed by atoms with van der Waals surface area (Å²) in [4.78, 5) is 12.0. The maximum atomic E-state index is 14.0. The Hall–Kier alpha value is -1.45. The highest BCUT2D eigenvalue weighted by Gasteiger charge is 2.53. The molecule has 0 aliphatic heterocycles. The van der Waals surface area contributed by atoms with Crippen molar-refractivity contribution in [1.29, 1.82) is 0 Å². The predicted octanol–water partition coefficient (Wildman–Crippen LogP) is 3.40. The zero-order valence-corrected chi connectivity index (χ0v) is 12.4. The van der Waals surface area contributed by atoms with Gasteiger partial charge >= 0.3 is 0 Å². The van der Waals surface area contributed by atoms with Crippen LogP contribution in [0.2, 0.25) is 0 Å².